The molecule has 4 aromatic heterocycles. The Morgan fingerprint density at radius 3 is 1.82 bits per heavy atom. The molecule has 0 saturated heterocycles. The van der Waals surface area contributed by atoms with Crippen molar-refractivity contribution in [2.24, 2.45) is 40.9 Å². The highest BCUT2D eigenvalue weighted by Gasteiger charge is 2.15. The molecule has 0 spiro atoms. The number of aromatic hydroxyl groups is 4. The number of sulfone groups is 1. The first-order valence-electron chi connectivity index (χ1n) is 20.6. The number of phenols is 4. The van der Waals surface area contributed by atoms with E-state index in [0.717, 1.165) is 29.3 Å². The number of hydrogen-bond acceptors (Lipinski definition) is 26. The standard InChI is InChI=1S/C13H14N6O3S.C10H4Cl4N4O.C10H6Cl2N4O.C9H7ClN4O3S2/c1-6-14-13(23-19-6)18-17-10-4-11(16-8(3)21)12(22)5-9(10)15-7(2)20;11-4-2-7(19)5(12)1-6(4)17-18-10-8(13)9(14)15-3-16-10;11-7-3-6(4-8(12)10(7)17)15-16-9-5-13-1-2-14-9;1-19(16,17)9-11-8(18-14-9)13-12-5-2-3-7(15)6(10)4-5/h4-5,22H,1-3H3,(H,15,20)(H,16,21);1-3,19H;1-5,17H;2-4,15H,1H3. The number of nitrogens with one attached hydrogen (secondary N) is 2. The van der Waals surface area contributed by atoms with Crippen molar-refractivity contribution >= 4 is 182 Å². The van der Waals surface area contributed by atoms with Crippen molar-refractivity contribution in [3.8, 4) is 23.0 Å². The fraction of sp³-hybridized carbons (Fsp3) is 0.0952. The van der Waals surface area contributed by atoms with Crippen LogP contribution in [0.4, 0.5) is 56.0 Å². The van der Waals surface area contributed by atoms with E-state index in [1.165, 1.54) is 93.4 Å². The van der Waals surface area contributed by atoms with E-state index < -0.39 is 9.84 Å². The van der Waals surface area contributed by atoms with Gasteiger partial charge in [-0.1, -0.05) is 81.2 Å². The summed E-state index contributed by atoms with van der Waals surface area (Å²) in [6, 6.07) is 12.5. The predicted molar refractivity (Wildman–Crippen MR) is 295 cm³/mol. The molecule has 0 unspecified atom stereocenters. The lowest BCUT2D eigenvalue weighted by Crippen LogP contribution is -2.08. The number of nitrogens with zero attached hydrogens (tertiary/aromatic N) is 16. The maximum Gasteiger partial charge on any atom is 0.260 e. The van der Waals surface area contributed by atoms with Gasteiger partial charge >= 0.3 is 0 Å². The zero-order valence-corrected chi connectivity index (χ0v) is 47.2. The highest BCUT2D eigenvalue weighted by molar-refractivity contribution is 7.90. The first-order chi connectivity index (χ1) is 36.9. The van der Waals surface area contributed by atoms with E-state index in [2.05, 4.69) is 90.2 Å². The minimum atomic E-state index is -3.44. The number of azo groups is 4. The largest absolute Gasteiger partial charge is 0.506 e. The molecule has 36 heteroatoms. The second-order valence-corrected chi connectivity index (χ2v) is 20.5. The summed E-state index contributed by atoms with van der Waals surface area (Å²) in [5, 5.41) is 74.7. The number of carbonyl (C=O) groups is 2. The van der Waals surface area contributed by atoms with Gasteiger partial charge in [-0.15, -0.1) is 40.9 Å². The third-order valence-electron chi connectivity index (χ3n) is 8.22. The minimum absolute atomic E-state index is 0.0594. The lowest BCUT2D eigenvalue weighted by atomic mass is 10.2. The molecule has 8 rings (SSSR count). The van der Waals surface area contributed by atoms with Crippen molar-refractivity contribution in [2.45, 2.75) is 25.9 Å². The van der Waals surface area contributed by atoms with Crippen molar-refractivity contribution in [3.63, 3.8) is 0 Å². The highest BCUT2D eigenvalue weighted by Crippen LogP contribution is 2.39. The van der Waals surface area contributed by atoms with E-state index >= 15 is 0 Å². The number of aryl methyl sites for hydroxylation is 1. The molecular weight excluding hydrogens is 1230 g/mol. The first kappa shape index (κ1) is 61.5. The van der Waals surface area contributed by atoms with Gasteiger partial charge in [-0.25, -0.2) is 28.4 Å². The Morgan fingerprint density at radius 1 is 0.590 bits per heavy atom. The molecule has 404 valence electrons. The highest BCUT2D eigenvalue weighted by atomic mass is 35.5. The van der Waals surface area contributed by atoms with Gasteiger partial charge < -0.3 is 31.1 Å². The van der Waals surface area contributed by atoms with Crippen LogP contribution in [-0.4, -0.2) is 85.6 Å². The third-order valence-corrected chi connectivity index (χ3v) is 12.7. The van der Waals surface area contributed by atoms with Gasteiger partial charge in [0.2, 0.25) is 31.9 Å². The lowest BCUT2D eigenvalue weighted by molar-refractivity contribution is -0.115. The number of carbonyl (C=O) groups excluding carboxylic acids is 2. The van der Waals surface area contributed by atoms with Crippen molar-refractivity contribution < 1.29 is 38.4 Å². The van der Waals surface area contributed by atoms with Gasteiger partial charge in [-0.2, -0.15) is 13.7 Å². The van der Waals surface area contributed by atoms with Gasteiger partial charge in [0.05, 0.1) is 54.1 Å². The number of aromatic nitrogens is 8. The maximum atomic E-state index is 11.3. The molecule has 0 aliphatic heterocycles. The van der Waals surface area contributed by atoms with E-state index in [1.807, 2.05) is 0 Å². The summed E-state index contributed by atoms with van der Waals surface area (Å²) in [7, 11) is -3.44. The predicted octanol–water partition coefficient (Wildman–Crippen LogP) is 14.7. The van der Waals surface area contributed by atoms with Crippen LogP contribution in [-0.2, 0) is 19.4 Å². The fourth-order valence-corrected chi connectivity index (χ4v) is 8.03. The van der Waals surface area contributed by atoms with Crippen LogP contribution in [0.15, 0.2) is 126 Å². The Kier molecular flexibility index (Phi) is 22.8. The molecule has 8 aromatic rings. The van der Waals surface area contributed by atoms with Gasteiger partial charge in [0, 0.05) is 67.7 Å². The zero-order valence-electron chi connectivity index (χ0n) is 39.5. The zero-order chi connectivity index (χ0) is 57.3. The minimum Gasteiger partial charge on any atom is -0.506 e. The van der Waals surface area contributed by atoms with Crippen molar-refractivity contribution in [1.29, 1.82) is 0 Å². The summed E-state index contributed by atoms with van der Waals surface area (Å²) < 4.78 is 30.0. The van der Waals surface area contributed by atoms with Crippen molar-refractivity contribution in [3.05, 3.63) is 121 Å². The molecule has 78 heavy (non-hydrogen) atoms. The summed E-state index contributed by atoms with van der Waals surface area (Å²) >= 11 is 42.2. The van der Waals surface area contributed by atoms with E-state index in [1.54, 1.807) is 6.92 Å². The van der Waals surface area contributed by atoms with Crippen LogP contribution in [0, 0.1) is 6.92 Å². The molecule has 26 nitrogen and oxygen atoms in total. The Bertz CT molecular complexity index is 3690. The number of phenolic OH excluding ortho intramolecular Hbond substituents is 4. The molecule has 0 aliphatic carbocycles. The van der Waals surface area contributed by atoms with E-state index in [4.69, 9.17) is 81.2 Å². The molecule has 0 radical (unpaired) electrons. The summed E-state index contributed by atoms with van der Waals surface area (Å²) in [4.78, 5) is 45.4. The average molecular weight is 1260 g/mol. The van der Waals surface area contributed by atoms with Crippen LogP contribution in [0.25, 0.3) is 0 Å². The second kappa shape index (κ2) is 28.9. The lowest BCUT2D eigenvalue weighted by Gasteiger charge is -2.10. The SMILES string of the molecule is CC(=O)Nc1cc(N=Nc2nc(C)ns2)c(NC(C)=O)cc1O.CS(=O)(=O)c1nsc(N=Nc2ccc(O)c(Cl)c2)n1.Oc1c(Cl)cc(N=Nc2cnccn2)cc1Cl.Oc1cc(Cl)c(N=Nc2ncnc(Cl)c2Cl)cc1Cl. The maximum absolute atomic E-state index is 11.3. The van der Waals surface area contributed by atoms with E-state index in [-0.39, 0.29) is 109 Å². The Morgan fingerprint density at radius 2 is 1.21 bits per heavy atom. The molecular formula is C42H31Cl7N18O8S3. The quantitative estimate of drug-likeness (QED) is 0.0398. The Balaban J connectivity index is 0.000000193. The number of hydrogen-bond donors (Lipinski definition) is 6. The number of anilines is 2. The molecule has 0 saturated carbocycles. The number of halogens is 7. The monoisotopic (exact) mass is 1260 g/mol. The van der Waals surface area contributed by atoms with Crippen LogP contribution in [0.2, 0.25) is 35.3 Å². The molecule has 2 amide bonds. The normalized spacial score (nSPS) is 11.2. The number of rotatable bonds is 11. The van der Waals surface area contributed by atoms with Crippen molar-refractivity contribution in [2.75, 3.05) is 16.9 Å². The van der Waals surface area contributed by atoms with E-state index in [9.17, 15) is 38.4 Å². The molecule has 0 bridgehead atoms. The topological polar surface area (TPSA) is 375 Å². The van der Waals surface area contributed by atoms with Crippen LogP contribution >= 0.6 is 104 Å². The van der Waals surface area contributed by atoms with Gasteiger partial charge in [0.25, 0.3) is 5.16 Å². The number of benzene rings is 4. The van der Waals surface area contributed by atoms with Gasteiger partial charge in [0.1, 0.15) is 45.8 Å². The second-order valence-electron chi connectivity index (χ2n) is 14.3. The van der Waals surface area contributed by atoms with Gasteiger partial charge in [-0.3, -0.25) is 14.6 Å². The molecule has 0 aliphatic rings. The summed E-state index contributed by atoms with van der Waals surface area (Å²) in [5.74, 6) is -0.216. The Labute approximate surface area is 482 Å². The van der Waals surface area contributed by atoms with Gasteiger partial charge in [0.15, 0.2) is 22.5 Å². The molecule has 4 heterocycles. The molecule has 0 atom stereocenters. The van der Waals surface area contributed by atoms with Gasteiger partial charge in [-0.05, 0) is 49.4 Å². The molecule has 0 fully saturated rings. The Hall–Kier alpha value is -7.32. The van der Waals surface area contributed by atoms with E-state index in [0.29, 0.717) is 28.1 Å². The van der Waals surface area contributed by atoms with Crippen LogP contribution < -0.4 is 10.6 Å². The van der Waals surface area contributed by atoms with Crippen LogP contribution in [0.5, 0.6) is 23.0 Å². The average Bonchev–Trinajstić information content (AvgIpc) is 4.06. The first-order valence-corrected chi connectivity index (χ1v) is 26.6. The van der Waals surface area contributed by atoms with Crippen LogP contribution in [0.3, 0.4) is 0 Å². The van der Waals surface area contributed by atoms with Crippen molar-refractivity contribution in [1.82, 2.24) is 38.7 Å². The smallest absolute Gasteiger partial charge is 0.260 e. The molecule has 6 N–H and O–H groups in total. The summed E-state index contributed by atoms with van der Waals surface area (Å²) in [6.45, 7) is 4.37. The third kappa shape index (κ3) is 19.3. The number of amides is 2. The summed E-state index contributed by atoms with van der Waals surface area (Å²) in [6.07, 6.45) is 6.72. The fourth-order valence-electron chi connectivity index (χ4n) is 4.89. The van der Waals surface area contributed by atoms with Crippen LogP contribution in [0.1, 0.15) is 19.7 Å². The molecule has 4 aromatic carbocycles. The summed E-state index contributed by atoms with van der Waals surface area (Å²) in [5.41, 5.74) is 1.76.